The van der Waals surface area contributed by atoms with Crippen LogP contribution in [0.25, 0.3) is 6.08 Å². The summed E-state index contributed by atoms with van der Waals surface area (Å²) >= 11 is 0. The number of rotatable bonds is 7. The van der Waals surface area contributed by atoms with Gasteiger partial charge >= 0.3 is 5.97 Å². The smallest absolute Gasteiger partial charge is 0.338 e. The van der Waals surface area contributed by atoms with Gasteiger partial charge in [-0.2, -0.15) is 0 Å². The third-order valence-corrected chi connectivity index (χ3v) is 4.83. The molecule has 3 rings (SSSR count). The van der Waals surface area contributed by atoms with Gasteiger partial charge in [0.25, 0.3) is 5.91 Å². The minimum absolute atomic E-state index is 0.135. The molecular formula is C23H25NO4. The molecule has 1 aliphatic rings. The third-order valence-electron chi connectivity index (χ3n) is 4.83. The number of hydrogen-bond acceptors (Lipinski definition) is 4. The first-order valence-electron chi connectivity index (χ1n) is 9.54. The summed E-state index contributed by atoms with van der Waals surface area (Å²) in [4.78, 5) is 24.8. The van der Waals surface area contributed by atoms with Crippen molar-refractivity contribution in [1.29, 1.82) is 0 Å². The maximum Gasteiger partial charge on any atom is 0.338 e. The lowest BCUT2D eigenvalue weighted by atomic mass is 9.96. The molecule has 2 aromatic carbocycles. The van der Waals surface area contributed by atoms with E-state index in [1.54, 1.807) is 13.0 Å². The number of fused-ring (bicyclic) bond motifs is 1. The number of benzene rings is 2. The van der Waals surface area contributed by atoms with Crippen LogP contribution in [0.5, 0.6) is 5.75 Å². The number of carbonyl (C=O) groups is 2. The predicted octanol–water partition coefficient (Wildman–Crippen LogP) is 3.70. The molecule has 0 saturated heterocycles. The SMILES string of the molecule is CC[C@@H](CNC(=O)[C@@H](C)OC(=O)C1=Cc2ccccc2OC1)c1ccccc1. The highest BCUT2D eigenvalue weighted by Crippen LogP contribution is 2.26. The normalized spacial score (nSPS) is 14.7. The van der Waals surface area contributed by atoms with Crippen molar-refractivity contribution in [3.8, 4) is 5.75 Å². The molecule has 0 spiro atoms. The molecule has 5 nitrogen and oxygen atoms in total. The van der Waals surface area contributed by atoms with E-state index in [0.717, 1.165) is 17.7 Å². The van der Waals surface area contributed by atoms with E-state index in [4.69, 9.17) is 9.47 Å². The highest BCUT2D eigenvalue weighted by atomic mass is 16.6. The number of amides is 1. The monoisotopic (exact) mass is 379 g/mol. The van der Waals surface area contributed by atoms with Crippen LogP contribution < -0.4 is 10.1 Å². The van der Waals surface area contributed by atoms with E-state index < -0.39 is 12.1 Å². The topological polar surface area (TPSA) is 64.6 Å². The second kappa shape index (κ2) is 9.22. The standard InChI is InChI=1S/C23H25NO4/c1-3-17(18-9-5-4-6-10-18)14-24-22(25)16(2)28-23(26)20-13-19-11-7-8-12-21(19)27-15-20/h4-13,16-17H,3,14-15H2,1-2H3,(H,24,25)/t16-,17+/m1/s1. The zero-order chi connectivity index (χ0) is 19.9. The van der Waals surface area contributed by atoms with Crippen LogP contribution in [0.2, 0.25) is 0 Å². The minimum atomic E-state index is -0.876. The molecule has 1 amide bonds. The third kappa shape index (κ3) is 4.80. The molecule has 0 bridgehead atoms. The van der Waals surface area contributed by atoms with Crippen LogP contribution in [0.1, 0.15) is 37.3 Å². The van der Waals surface area contributed by atoms with Gasteiger partial charge < -0.3 is 14.8 Å². The van der Waals surface area contributed by atoms with Crippen molar-refractivity contribution < 1.29 is 19.1 Å². The van der Waals surface area contributed by atoms with Gasteiger partial charge in [0, 0.05) is 18.0 Å². The summed E-state index contributed by atoms with van der Waals surface area (Å²) in [6, 6.07) is 17.5. The van der Waals surface area contributed by atoms with Crippen molar-refractivity contribution >= 4 is 18.0 Å². The summed E-state index contributed by atoms with van der Waals surface area (Å²) in [6.45, 7) is 4.30. The van der Waals surface area contributed by atoms with Gasteiger partial charge in [-0.3, -0.25) is 4.79 Å². The Bertz CT molecular complexity index is 860. The molecule has 0 aliphatic carbocycles. The van der Waals surface area contributed by atoms with Crippen LogP contribution in [0, 0.1) is 0 Å². The van der Waals surface area contributed by atoms with Gasteiger partial charge in [-0.05, 0) is 31.1 Å². The Hall–Kier alpha value is -3.08. The zero-order valence-corrected chi connectivity index (χ0v) is 16.2. The Kier molecular flexibility index (Phi) is 6.48. The number of nitrogens with one attached hydrogen (secondary N) is 1. The lowest BCUT2D eigenvalue weighted by Crippen LogP contribution is -2.38. The Morgan fingerprint density at radius 2 is 1.82 bits per heavy atom. The molecule has 0 radical (unpaired) electrons. The van der Waals surface area contributed by atoms with Crippen LogP contribution in [0.4, 0.5) is 0 Å². The summed E-state index contributed by atoms with van der Waals surface area (Å²) < 4.78 is 10.9. The van der Waals surface area contributed by atoms with Gasteiger partial charge in [0.1, 0.15) is 12.4 Å². The highest BCUT2D eigenvalue weighted by molar-refractivity contribution is 5.96. The summed E-state index contributed by atoms with van der Waals surface area (Å²) in [6.07, 6.45) is 1.77. The molecule has 28 heavy (non-hydrogen) atoms. The van der Waals surface area contributed by atoms with Crippen molar-refractivity contribution in [2.24, 2.45) is 0 Å². The van der Waals surface area contributed by atoms with Crippen LogP contribution in [0.3, 0.4) is 0 Å². The molecule has 2 atom stereocenters. The number of para-hydroxylation sites is 1. The molecule has 1 N–H and O–H groups in total. The van der Waals surface area contributed by atoms with Gasteiger partial charge in [0.15, 0.2) is 6.10 Å². The molecule has 1 heterocycles. The fourth-order valence-corrected chi connectivity index (χ4v) is 3.11. The Morgan fingerprint density at radius 1 is 1.11 bits per heavy atom. The van der Waals surface area contributed by atoms with Crippen molar-refractivity contribution in [3.05, 3.63) is 71.3 Å². The van der Waals surface area contributed by atoms with Crippen molar-refractivity contribution in [2.75, 3.05) is 13.2 Å². The minimum Gasteiger partial charge on any atom is -0.488 e. The fourth-order valence-electron chi connectivity index (χ4n) is 3.11. The Labute approximate surface area is 165 Å². The number of esters is 1. The molecule has 5 heteroatoms. The zero-order valence-electron chi connectivity index (χ0n) is 16.2. The fraction of sp³-hybridized carbons (Fsp3) is 0.304. The molecule has 146 valence electrons. The van der Waals surface area contributed by atoms with Gasteiger partial charge in [-0.25, -0.2) is 4.79 Å². The van der Waals surface area contributed by atoms with Gasteiger partial charge in [-0.1, -0.05) is 55.5 Å². The summed E-state index contributed by atoms with van der Waals surface area (Å²) in [5.41, 5.74) is 2.40. The van der Waals surface area contributed by atoms with E-state index in [9.17, 15) is 9.59 Å². The van der Waals surface area contributed by atoms with E-state index in [0.29, 0.717) is 12.1 Å². The second-order valence-electron chi connectivity index (χ2n) is 6.80. The van der Waals surface area contributed by atoms with Crippen molar-refractivity contribution in [1.82, 2.24) is 5.32 Å². The molecule has 1 aliphatic heterocycles. The first kappa shape index (κ1) is 19.7. The maximum atomic E-state index is 12.4. The first-order valence-corrected chi connectivity index (χ1v) is 9.54. The second-order valence-corrected chi connectivity index (χ2v) is 6.80. The van der Waals surface area contributed by atoms with Gasteiger partial charge in [0.05, 0.1) is 5.57 Å². The Morgan fingerprint density at radius 3 is 2.57 bits per heavy atom. The Balaban J connectivity index is 1.54. The lowest BCUT2D eigenvalue weighted by Gasteiger charge is -2.20. The van der Waals surface area contributed by atoms with Gasteiger partial charge in [-0.15, -0.1) is 0 Å². The molecule has 2 aromatic rings. The average molecular weight is 379 g/mol. The molecule has 0 aromatic heterocycles. The van der Waals surface area contributed by atoms with E-state index in [2.05, 4.69) is 24.4 Å². The molecule has 0 unspecified atom stereocenters. The highest BCUT2D eigenvalue weighted by Gasteiger charge is 2.23. The van der Waals surface area contributed by atoms with Crippen LogP contribution in [0.15, 0.2) is 60.2 Å². The van der Waals surface area contributed by atoms with E-state index in [1.165, 1.54) is 5.56 Å². The average Bonchev–Trinajstić information content (AvgIpc) is 2.74. The molecular weight excluding hydrogens is 354 g/mol. The van der Waals surface area contributed by atoms with Crippen LogP contribution >= 0.6 is 0 Å². The lowest BCUT2D eigenvalue weighted by molar-refractivity contribution is -0.151. The summed E-state index contributed by atoms with van der Waals surface area (Å²) in [7, 11) is 0. The van der Waals surface area contributed by atoms with E-state index in [1.807, 2.05) is 42.5 Å². The number of hydrogen-bond donors (Lipinski definition) is 1. The summed E-state index contributed by atoms with van der Waals surface area (Å²) in [5, 5.41) is 2.89. The summed E-state index contributed by atoms with van der Waals surface area (Å²) in [5.74, 6) is 0.114. The van der Waals surface area contributed by atoms with E-state index >= 15 is 0 Å². The van der Waals surface area contributed by atoms with Gasteiger partial charge in [0.2, 0.25) is 0 Å². The van der Waals surface area contributed by atoms with Crippen molar-refractivity contribution in [2.45, 2.75) is 32.3 Å². The first-order chi connectivity index (χ1) is 13.6. The molecule has 0 saturated carbocycles. The maximum absolute atomic E-state index is 12.4. The van der Waals surface area contributed by atoms with Crippen LogP contribution in [-0.4, -0.2) is 31.1 Å². The number of ether oxygens (including phenoxy) is 2. The van der Waals surface area contributed by atoms with E-state index in [-0.39, 0.29) is 18.4 Å². The van der Waals surface area contributed by atoms with Crippen molar-refractivity contribution in [3.63, 3.8) is 0 Å². The van der Waals surface area contributed by atoms with Crippen LogP contribution in [-0.2, 0) is 14.3 Å². The number of carbonyl (C=O) groups excluding carboxylic acids is 2. The largest absolute Gasteiger partial charge is 0.488 e. The molecule has 0 fully saturated rings. The quantitative estimate of drug-likeness (QED) is 0.745. The predicted molar refractivity (Wildman–Crippen MR) is 108 cm³/mol.